The fraction of sp³-hybridized carbons (Fsp3) is 0.333. The second-order valence-corrected chi connectivity index (χ2v) is 11.5. The predicted octanol–water partition coefficient (Wildman–Crippen LogP) is 4.04. The van der Waals surface area contributed by atoms with E-state index in [1.807, 2.05) is 30.1 Å². The average Bonchev–Trinajstić information content (AvgIpc) is 3.51. The van der Waals surface area contributed by atoms with Crippen molar-refractivity contribution in [3.05, 3.63) is 65.7 Å². The number of sulfone groups is 1. The number of fused-ring (bicyclic) bond motifs is 1. The Balaban J connectivity index is 1.55. The van der Waals surface area contributed by atoms with E-state index in [2.05, 4.69) is 22.5 Å². The zero-order valence-electron chi connectivity index (χ0n) is 21.4. The number of benzene rings is 1. The lowest BCUT2D eigenvalue weighted by atomic mass is 10.0. The van der Waals surface area contributed by atoms with E-state index >= 15 is 0 Å². The molecule has 0 radical (unpaired) electrons. The van der Waals surface area contributed by atoms with Crippen LogP contribution in [0.2, 0.25) is 0 Å². The molecule has 38 heavy (non-hydrogen) atoms. The third-order valence-corrected chi connectivity index (χ3v) is 8.24. The fourth-order valence-electron chi connectivity index (χ4n) is 5.10. The standard InChI is InChI=1S/C27H27N7O3S/c1-18-24(15-31-34(18)22-8-10-32(17-29)11-9-22)20-12-25(27-21(13-28)14-30-33(27)16-20)37-19(2)23-6-4-5-7-26(23)38(3,35)36/h4-7,12,14-16,19,22H,8-11H2,1-3H3. The molecule has 1 atom stereocenters. The van der Waals surface area contributed by atoms with Crippen molar-refractivity contribution < 1.29 is 13.2 Å². The molecule has 11 heteroatoms. The Morgan fingerprint density at radius 2 is 1.87 bits per heavy atom. The van der Waals surface area contributed by atoms with Crippen LogP contribution in [0, 0.1) is 29.7 Å². The Labute approximate surface area is 221 Å². The highest BCUT2D eigenvalue weighted by Crippen LogP contribution is 2.36. The smallest absolute Gasteiger partial charge is 0.179 e. The minimum absolute atomic E-state index is 0.202. The van der Waals surface area contributed by atoms with Gasteiger partial charge in [0, 0.05) is 47.9 Å². The molecule has 1 aliphatic rings. The average molecular weight is 530 g/mol. The number of nitriles is 2. The molecule has 0 amide bonds. The molecule has 3 aromatic heterocycles. The lowest BCUT2D eigenvalue weighted by molar-refractivity contribution is 0.225. The molecule has 0 saturated carbocycles. The van der Waals surface area contributed by atoms with Gasteiger partial charge >= 0.3 is 0 Å². The maximum atomic E-state index is 12.4. The SMILES string of the molecule is Cc1c(-c2cc(OC(C)c3ccccc3S(C)(=O)=O)c3c(C#N)cnn3c2)cnn1C1CCN(C#N)CC1. The van der Waals surface area contributed by atoms with Gasteiger partial charge in [0.1, 0.15) is 29.0 Å². The molecule has 0 N–H and O–H groups in total. The molecular weight excluding hydrogens is 502 g/mol. The number of pyridine rings is 1. The molecule has 10 nitrogen and oxygen atoms in total. The molecule has 0 aliphatic carbocycles. The van der Waals surface area contributed by atoms with Gasteiger partial charge in [-0.25, -0.2) is 12.9 Å². The monoisotopic (exact) mass is 529 g/mol. The van der Waals surface area contributed by atoms with Crippen LogP contribution >= 0.6 is 0 Å². The Morgan fingerprint density at radius 1 is 1.13 bits per heavy atom. The number of hydrogen-bond acceptors (Lipinski definition) is 8. The molecule has 1 unspecified atom stereocenters. The zero-order valence-corrected chi connectivity index (χ0v) is 22.2. The number of aromatic nitrogens is 4. The molecule has 1 aliphatic heterocycles. The summed E-state index contributed by atoms with van der Waals surface area (Å²) in [5.74, 6) is 0.418. The van der Waals surface area contributed by atoms with E-state index in [0.29, 0.717) is 35.5 Å². The molecule has 194 valence electrons. The molecule has 0 bridgehead atoms. The van der Waals surface area contributed by atoms with Gasteiger partial charge in [-0.2, -0.15) is 20.7 Å². The van der Waals surface area contributed by atoms with Crippen molar-refractivity contribution in [1.29, 1.82) is 10.5 Å². The lowest BCUT2D eigenvalue weighted by Crippen LogP contribution is -2.31. The summed E-state index contributed by atoms with van der Waals surface area (Å²) in [7, 11) is -3.47. The minimum Gasteiger partial charge on any atom is -0.484 e. The van der Waals surface area contributed by atoms with Crippen LogP contribution < -0.4 is 4.74 Å². The topological polar surface area (TPSA) is 129 Å². The summed E-state index contributed by atoms with van der Waals surface area (Å²) in [6.07, 6.45) is 9.59. The molecule has 4 heterocycles. The molecular formula is C27H27N7O3S. The van der Waals surface area contributed by atoms with Crippen LogP contribution in [0.4, 0.5) is 0 Å². The van der Waals surface area contributed by atoms with Gasteiger partial charge in [-0.15, -0.1) is 0 Å². The summed E-state index contributed by atoms with van der Waals surface area (Å²) in [6.45, 7) is 5.21. The van der Waals surface area contributed by atoms with E-state index in [-0.39, 0.29) is 10.9 Å². The normalized spacial score (nSPS) is 15.2. The van der Waals surface area contributed by atoms with Crippen molar-refractivity contribution >= 4 is 15.4 Å². The highest BCUT2D eigenvalue weighted by molar-refractivity contribution is 7.90. The molecule has 0 spiro atoms. The third kappa shape index (κ3) is 4.57. The van der Waals surface area contributed by atoms with Crippen molar-refractivity contribution in [2.75, 3.05) is 19.3 Å². The van der Waals surface area contributed by atoms with Gasteiger partial charge in [-0.1, -0.05) is 18.2 Å². The van der Waals surface area contributed by atoms with Gasteiger partial charge in [-0.05, 0) is 38.8 Å². The number of likely N-dealkylation sites (tertiary alicyclic amines) is 1. The van der Waals surface area contributed by atoms with E-state index in [9.17, 15) is 13.7 Å². The molecule has 4 aromatic rings. The highest BCUT2D eigenvalue weighted by Gasteiger charge is 2.25. The second-order valence-electron chi connectivity index (χ2n) is 9.53. The quantitative estimate of drug-likeness (QED) is 0.342. The van der Waals surface area contributed by atoms with Crippen LogP contribution in [0.3, 0.4) is 0 Å². The van der Waals surface area contributed by atoms with E-state index in [4.69, 9.17) is 10.00 Å². The lowest BCUT2D eigenvalue weighted by Gasteiger charge is -2.29. The Morgan fingerprint density at radius 3 is 2.55 bits per heavy atom. The van der Waals surface area contributed by atoms with E-state index < -0.39 is 15.9 Å². The van der Waals surface area contributed by atoms with Crippen molar-refractivity contribution in [2.45, 2.75) is 43.7 Å². The van der Waals surface area contributed by atoms with Gasteiger partial charge in [0.15, 0.2) is 16.0 Å². The first-order valence-electron chi connectivity index (χ1n) is 12.3. The minimum atomic E-state index is -3.47. The van der Waals surface area contributed by atoms with Crippen LogP contribution in [0.25, 0.3) is 16.6 Å². The largest absolute Gasteiger partial charge is 0.484 e. The first-order chi connectivity index (χ1) is 18.2. The van der Waals surface area contributed by atoms with Crippen LogP contribution in [0.5, 0.6) is 5.75 Å². The number of ether oxygens (including phenoxy) is 1. The van der Waals surface area contributed by atoms with Crippen molar-refractivity contribution in [3.8, 4) is 29.1 Å². The second kappa shape index (κ2) is 9.84. The van der Waals surface area contributed by atoms with Gasteiger partial charge < -0.3 is 9.64 Å². The molecule has 1 aromatic carbocycles. The number of hydrogen-bond donors (Lipinski definition) is 0. The summed E-state index contributed by atoms with van der Waals surface area (Å²) in [5.41, 5.74) is 4.08. The number of nitrogens with zero attached hydrogens (tertiary/aromatic N) is 7. The van der Waals surface area contributed by atoms with E-state index in [0.717, 1.165) is 29.7 Å². The first-order valence-corrected chi connectivity index (χ1v) is 14.2. The molecule has 1 fully saturated rings. The van der Waals surface area contributed by atoms with Gasteiger partial charge in [0.25, 0.3) is 0 Å². The fourth-order valence-corrected chi connectivity index (χ4v) is 6.08. The Hall–Kier alpha value is -4.35. The highest BCUT2D eigenvalue weighted by atomic mass is 32.2. The van der Waals surface area contributed by atoms with Gasteiger partial charge in [0.05, 0.1) is 23.3 Å². The van der Waals surface area contributed by atoms with Crippen molar-refractivity contribution in [2.24, 2.45) is 0 Å². The van der Waals surface area contributed by atoms with E-state index in [1.165, 1.54) is 12.5 Å². The van der Waals surface area contributed by atoms with Crippen LogP contribution in [0.1, 0.15) is 48.7 Å². The number of piperidine rings is 1. The van der Waals surface area contributed by atoms with Crippen LogP contribution in [0.15, 0.2) is 53.8 Å². The molecule has 5 rings (SSSR count). The first kappa shape index (κ1) is 25.3. The number of rotatable bonds is 6. The predicted molar refractivity (Wildman–Crippen MR) is 140 cm³/mol. The Kier molecular flexibility index (Phi) is 6.55. The van der Waals surface area contributed by atoms with Crippen molar-refractivity contribution in [1.82, 2.24) is 24.3 Å². The third-order valence-electron chi connectivity index (χ3n) is 7.06. The van der Waals surface area contributed by atoms with Crippen LogP contribution in [-0.4, -0.2) is 52.1 Å². The maximum absolute atomic E-state index is 12.4. The van der Waals surface area contributed by atoms with Crippen LogP contribution in [-0.2, 0) is 9.84 Å². The van der Waals surface area contributed by atoms with E-state index in [1.54, 1.807) is 40.6 Å². The summed E-state index contributed by atoms with van der Waals surface area (Å²) < 4.78 is 34.8. The van der Waals surface area contributed by atoms with Crippen molar-refractivity contribution in [3.63, 3.8) is 0 Å². The summed E-state index contributed by atoms with van der Waals surface area (Å²) in [6, 6.07) is 11.0. The summed E-state index contributed by atoms with van der Waals surface area (Å²) in [5, 5.41) is 27.9. The molecule has 1 saturated heterocycles. The van der Waals surface area contributed by atoms with Gasteiger partial charge in [-0.3, -0.25) is 4.68 Å². The zero-order chi connectivity index (χ0) is 27.0. The Bertz CT molecular complexity index is 1700. The maximum Gasteiger partial charge on any atom is 0.179 e. The van der Waals surface area contributed by atoms with Gasteiger partial charge in [0.2, 0.25) is 0 Å². The summed E-state index contributed by atoms with van der Waals surface area (Å²) in [4.78, 5) is 1.97. The summed E-state index contributed by atoms with van der Waals surface area (Å²) >= 11 is 0.